The molecule has 142 valence electrons. The third-order valence-corrected chi connectivity index (χ3v) is 4.06. The highest BCUT2D eigenvalue weighted by Gasteiger charge is 2.17. The molecule has 0 radical (unpaired) electrons. The molecule has 1 amide bonds. The zero-order valence-corrected chi connectivity index (χ0v) is 15.6. The Labute approximate surface area is 163 Å². The number of amides is 1. The summed E-state index contributed by atoms with van der Waals surface area (Å²) in [4.78, 5) is 34.5. The number of ether oxygens (including phenoxy) is 1. The molecule has 7 nitrogen and oxygen atoms in total. The van der Waals surface area contributed by atoms with Crippen molar-refractivity contribution in [3.8, 4) is 0 Å². The van der Waals surface area contributed by atoms with Gasteiger partial charge in [-0.25, -0.2) is 14.8 Å². The lowest BCUT2D eigenvalue weighted by molar-refractivity contribution is 0.0600. The SMILES string of the molecule is CCN(C(=O)c1cnc(Nc2cccc(C(=O)OC)c2)cn1)c1ccccc1. The molecule has 1 aromatic heterocycles. The van der Waals surface area contributed by atoms with Crippen molar-refractivity contribution in [2.45, 2.75) is 6.92 Å². The number of para-hydroxylation sites is 1. The van der Waals surface area contributed by atoms with Gasteiger partial charge in [-0.2, -0.15) is 0 Å². The highest BCUT2D eigenvalue weighted by Crippen LogP contribution is 2.18. The largest absolute Gasteiger partial charge is 0.465 e. The Hall–Kier alpha value is -3.74. The minimum atomic E-state index is -0.420. The molecule has 28 heavy (non-hydrogen) atoms. The minimum Gasteiger partial charge on any atom is -0.465 e. The van der Waals surface area contributed by atoms with Gasteiger partial charge in [-0.3, -0.25) is 4.79 Å². The summed E-state index contributed by atoms with van der Waals surface area (Å²) < 4.78 is 4.72. The first-order valence-electron chi connectivity index (χ1n) is 8.76. The van der Waals surface area contributed by atoms with Crippen molar-refractivity contribution < 1.29 is 14.3 Å². The van der Waals surface area contributed by atoms with Gasteiger partial charge in [0.05, 0.1) is 25.1 Å². The Balaban J connectivity index is 1.74. The van der Waals surface area contributed by atoms with Crippen molar-refractivity contribution in [2.75, 3.05) is 23.9 Å². The molecule has 7 heteroatoms. The van der Waals surface area contributed by atoms with E-state index in [-0.39, 0.29) is 11.6 Å². The lowest BCUT2D eigenvalue weighted by Crippen LogP contribution is -2.31. The number of esters is 1. The molecule has 0 bridgehead atoms. The topological polar surface area (TPSA) is 84.4 Å². The summed E-state index contributed by atoms with van der Waals surface area (Å²) >= 11 is 0. The van der Waals surface area contributed by atoms with Gasteiger partial charge in [0.25, 0.3) is 5.91 Å². The molecule has 0 aliphatic rings. The fourth-order valence-electron chi connectivity index (χ4n) is 2.68. The molecule has 1 N–H and O–H groups in total. The van der Waals surface area contributed by atoms with Crippen LogP contribution in [0.5, 0.6) is 0 Å². The fourth-order valence-corrected chi connectivity index (χ4v) is 2.68. The van der Waals surface area contributed by atoms with Crippen LogP contribution >= 0.6 is 0 Å². The highest BCUT2D eigenvalue weighted by atomic mass is 16.5. The van der Waals surface area contributed by atoms with E-state index in [2.05, 4.69) is 15.3 Å². The van der Waals surface area contributed by atoms with Gasteiger partial charge in [0.15, 0.2) is 0 Å². The van der Waals surface area contributed by atoms with Gasteiger partial charge in [0.1, 0.15) is 11.5 Å². The lowest BCUT2D eigenvalue weighted by Gasteiger charge is -2.20. The standard InChI is InChI=1S/C21H20N4O3/c1-3-25(17-10-5-4-6-11-17)20(26)18-13-23-19(14-22-18)24-16-9-7-8-15(12-16)21(27)28-2/h4-14H,3H2,1-2H3,(H,23,24). The van der Waals surface area contributed by atoms with Crippen molar-refractivity contribution in [3.63, 3.8) is 0 Å². The normalized spacial score (nSPS) is 10.2. The number of hydrogen-bond donors (Lipinski definition) is 1. The van der Waals surface area contributed by atoms with E-state index in [4.69, 9.17) is 4.74 Å². The molecule has 0 saturated carbocycles. The smallest absolute Gasteiger partial charge is 0.337 e. The van der Waals surface area contributed by atoms with Gasteiger partial charge in [-0.1, -0.05) is 24.3 Å². The molecule has 0 unspecified atom stereocenters. The molecule has 0 atom stereocenters. The van der Waals surface area contributed by atoms with Crippen LogP contribution in [0, 0.1) is 0 Å². The number of nitrogens with one attached hydrogen (secondary N) is 1. The number of benzene rings is 2. The summed E-state index contributed by atoms with van der Waals surface area (Å²) in [6, 6.07) is 16.3. The monoisotopic (exact) mass is 376 g/mol. The van der Waals surface area contributed by atoms with Crippen LogP contribution in [0.2, 0.25) is 0 Å². The van der Waals surface area contributed by atoms with Gasteiger partial charge >= 0.3 is 5.97 Å². The van der Waals surface area contributed by atoms with Crippen LogP contribution in [-0.2, 0) is 4.74 Å². The third kappa shape index (κ3) is 4.32. The maximum absolute atomic E-state index is 12.8. The van der Waals surface area contributed by atoms with E-state index < -0.39 is 5.97 Å². The van der Waals surface area contributed by atoms with Gasteiger partial charge < -0.3 is 15.0 Å². The Morgan fingerprint density at radius 1 is 1.04 bits per heavy atom. The van der Waals surface area contributed by atoms with Crippen LogP contribution in [0.15, 0.2) is 67.0 Å². The van der Waals surface area contributed by atoms with Crippen molar-refractivity contribution in [1.29, 1.82) is 0 Å². The van der Waals surface area contributed by atoms with Crippen molar-refractivity contribution in [3.05, 3.63) is 78.2 Å². The summed E-state index contributed by atoms with van der Waals surface area (Å²) in [5, 5.41) is 3.06. The second-order valence-electron chi connectivity index (χ2n) is 5.87. The first kappa shape index (κ1) is 19.0. The second kappa shape index (κ2) is 8.77. The molecule has 1 heterocycles. The Morgan fingerprint density at radius 3 is 2.46 bits per heavy atom. The summed E-state index contributed by atoms with van der Waals surface area (Å²) in [6.45, 7) is 2.42. The first-order chi connectivity index (χ1) is 13.6. The maximum atomic E-state index is 12.8. The zero-order valence-electron chi connectivity index (χ0n) is 15.6. The van der Waals surface area contributed by atoms with Crippen LogP contribution in [0.25, 0.3) is 0 Å². The van der Waals surface area contributed by atoms with E-state index in [1.165, 1.54) is 19.5 Å². The number of carbonyl (C=O) groups excluding carboxylic acids is 2. The molecule has 0 fully saturated rings. The number of carbonyl (C=O) groups is 2. The van der Waals surface area contributed by atoms with Gasteiger partial charge in [0.2, 0.25) is 0 Å². The quantitative estimate of drug-likeness (QED) is 0.661. The van der Waals surface area contributed by atoms with Gasteiger partial charge in [0, 0.05) is 17.9 Å². The number of methoxy groups -OCH3 is 1. The lowest BCUT2D eigenvalue weighted by atomic mass is 10.2. The molecule has 0 aliphatic carbocycles. The summed E-state index contributed by atoms with van der Waals surface area (Å²) in [6.07, 6.45) is 2.91. The average Bonchev–Trinajstić information content (AvgIpc) is 2.75. The molecule has 3 aromatic rings. The minimum absolute atomic E-state index is 0.222. The predicted octanol–water partition coefficient (Wildman–Crippen LogP) is 3.67. The van der Waals surface area contributed by atoms with Gasteiger partial charge in [-0.05, 0) is 37.3 Å². The second-order valence-corrected chi connectivity index (χ2v) is 5.87. The van der Waals surface area contributed by atoms with Crippen LogP contribution < -0.4 is 10.2 Å². The molecule has 3 rings (SSSR count). The van der Waals surface area contributed by atoms with E-state index in [0.29, 0.717) is 23.6 Å². The van der Waals surface area contributed by atoms with E-state index in [0.717, 1.165) is 5.69 Å². The molecule has 2 aromatic carbocycles. The van der Waals surface area contributed by atoms with E-state index in [9.17, 15) is 9.59 Å². The van der Waals surface area contributed by atoms with Crippen molar-refractivity contribution in [1.82, 2.24) is 9.97 Å². The Morgan fingerprint density at radius 2 is 1.82 bits per heavy atom. The zero-order chi connectivity index (χ0) is 19.9. The van der Waals surface area contributed by atoms with Crippen LogP contribution in [0.3, 0.4) is 0 Å². The average molecular weight is 376 g/mol. The molecule has 0 spiro atoms. The van der Waals surface area contributed by atoms with Crippen LogP contribution in [0.4, 0.5) is 17.2 Å². The number of anilines is 3. The molecule has 0 saturated heterocycles. The maximum Gasteiger partial charge on any atom is 0.337 e. The van der Waals surface area contributed by atoms with E-state index in [1.54, 1.807) is 29.2 Å². The third-order valence-electron chi connectivity index (χ3n) is 4.06. The van der Waals surface area contributed by atoms with Crippen molar-refractivity contribution in [2.24, 2.45) is 0 Å². The highest BCUT2D eigenvalue weighted by molar-refractivity contribution is 6.04. The van der Waals surface area contributed by atoms with Gasteiger partial charge in [-0.15, -0.1) is 0 Å². The molecular formula is C21H20N4O3. The number of nitrogens with zero attached hydrogens (tertiary/aromatic N) is 3. The summed E-state index contributed by atoms with van der Waals surface area (Å²) in [5.41, 5.74) is 2.14. The molecule has 0 aliphatic heterocycles. The fraction of sp³-hybridized carbons (Fsp3) is 0.143. The molecular weight excluding hydrogens is 356 g/mol. The van der Waals surface area contributed by atoms with Crippen molar-refractivity contribution >= 4 is 29.1 Å². The summed E-state index contributed by atoms with van der Waals surface area (Å²) in [7, 11) is 1.33. The Kier molecular flexibility index (Phi) is 5.96. The Bertz CT molecular complexity index is 959. The number of hydrogen-bond acceptors (Lipinski definition) is 6. The van der Waals surface area contributed by atoms with E-state index >= 15 is 0 Å². The van der Waals surface area contributed by atoms with Crippen LogP contribution in [-0.4, -0.2) is 35.5 Å². The predicted molar refractivity (Wildman–Crippen MR) is 107 cm³/mol. The first-order valence-corrected chi connectivity index (χ1v) is 8.76. The number of rotatable bonds is 6. The summed E-state index contributed by atoms with van der Waals surface area (Å²) in [5.74, 6) is -0.182. The van der Waals surface area contributed by atoms with Crippen LogP contribution in [0.1, 0.15) is 27.8 Å². The van der Waals surface area contributed by atoms with E-state index in [1.807, 2.05) is 37.3 Å². The number of aromatic nitrogens is 2.